The monoisotopic (exact) mass is 570 g/mol. The highest BCUT2D eigenvalue weighted by molar-refractivity contribution is 7.18. The van der Waals surface area contributed by atoms with E-state index in [1.165, 1.54) is 0 Å². The molecule has 0 saturated carbocycles. The Balaban J connectivity index is 0.00000191. The number of anilines is 3. The Labute approximate surface area is 237 Å². The van der Waals surface area contributed by atoms with E-state index in [1.807, 2.05) is 18.7 Å². The second-order valence-corrected chi connectivity index (χ2v) is 9.48. The highest BCUT2D eigenvalue weighted by Gasteiger charge is 2.36. The predicted octanol–water partition coefficient (Wildman–Crippen LogP) is 7.54. The van der Waals surface area contributed by atoms with Crippen molar-refractivity contribution in [1.82, 2.24) is 0 Å². The number of nitro groups is 1. The van der Waals surface area contributed by atoms with Crippen molar-refractivity contribution in [2.24, 2.45) is 5.18 Å². The molecule has 0 atom stereocenters. The van der Waals surface area contributed by atoms with Crippen LogP contribution in [0.15, 0.2) is 73.6 Å². The van der Waals surface area contributed by atoms with Crippen LogP contribution < -0.4 is 15.0 Å². The molecule has 0 saturated heterocycles. The molecule has 0 spiro atoms. The molecular weight excluding hydrogens is 536 g/mol. The molecule has 1 N–H and O–H groups in total. The fraction of sp³-hybridized carbons (Fsp3) is 0.286. The Morgan fingerprint density at radius 3 is 2.42 bits per heavy atom. The molecule has 1 aliphatic heterocycles. The number of rotatable bonds is 8. The van der Waals surface area contributed by atoms with E-state index < -0.39 is 37.8 Å². The van der Waals surface area contributed by atoms with Crippen LogP contribution in [0.1, 0.15) is 54.6 Å². The van der Waals surface area contributed by atoms with Gasteiger partial charge in [0.1, 0.15) is 34.1 Å². The highest BCUT2D eigenvalue weighted by atomic mass is 32.1. The smallest absolute Gasteiger partial charge is 0.349 e. The molecule has 2 heterocycles. The summed E-state index contributed by atoms with van der Waals surface area (Å²) >= 11 is 0.371. The molecule has 11 nitrogen and oxygen atoms in total. The van der Waals surface area contributed by atoms with Crippen LogP contribution in [-0.4, -0.2) is 35.6 Å². The number of thiophene rings is 1. The number of hydrogen-bond acceptors (Lipinski definition) is 10. The molecule has 1 aliphatic rings. The molecule has 40 heavy (non-hydrogen) atoms. The number of nitroso groups, excluding NO2 is 1. The highest BCUT2D eigenvalue weighted by Crippen LogP contribution is 2.44. The maximum absolute atomic E-state index is 13.0. The van der Waals surface area contributed by atoms with E-state index in [2.05, 4.69) is 36.8 Å². The molecule has 0 unspecified atom stereocenters. The maximum atomic E-state index is 13.0. The Kier molecular flexibility index (Phi) is 12.6. The Bertz CT molecular complexity index is 1310. The van der Waals surface area contributed by atoms with Gasteiger partial charge < -0.3 is 19.7 Å². The average molecular weight is 571 g/mol. The van der Waals surface area contributed by atoms with Crippen LogP contribution in [0.25, 0.3) is 0 Å². The minimum atomic E-state index is -1.31. The van der Waals surface area contributed by atoms with Crippen molar-refractivity contribution in [1.29, 1.82) is 0 Å². The Morgan fingerprint density at radius 2 is 1.90 bits per heavy atom. The number of amides is 1. The van der Waals surface area contributed by atoms with Crippen molar-refractivity contribution in [3.05, 3.63) is 93.9 Å². The van der Waals surface area contributed by atoms with Crippen LogP contribution in [-0.2, 0) is 4.74 Å². The molecule has 1 aromatic heterocycles. The molecule has 0 fully saturated rings. The maximum Gasteiger partial charge on any atom is 0.349 e. The van der Waals surface area contributed by atoms with Gasteiger partial charge in [-0.15, -0.1) is 18.1 Å². The van der Waals surface area contributed by atoms with Crippen molar-refractivity contribution in [3.63, 3.8) is 0 Å². The van der Waals surface area contributed by atoms with E-state index in [9.17, 15) is 24.6 Å². The third kappa shape index (κ3) is 7.96. The molecule has 12 heteroatoms. The van der Waals surface area contributed by atoms with Crippen molar-refractivity contribution >= 4 is 45.3 Å². The van der Waals surface area contributed by atoms with Gasteiger partial charge in [0.05, 0.1) is 17.2 Å². The predicted molar refractivity (Wildman–Crippen MR) is 160 cm³/mol. The molecule has 3 rings (SSSR count). The first-order valence-corrected chi connectivity index (χ1v) is 13.0. The number of fused-ring (bicyclic) bond motifs is 1. The second kappa shape index (κ2) is 15.1. The van der Waals surface area contributed by atoms with Gasteiger partial charge in [-0.25, -0.2) is 4.79 Å². The number of hydrogen-bond donors (Lipinski definition) is 1. The summed E-state index contributed by atoms with van der Waals surface area (Å²) < 4.78 is 11.1. The summed E-state index contributed by atoms with van der Waals surface area (Å²) in [7, 11) is 0. The van der Waals surface area contributed by atoms with Crippen molar-refractivity contribution in [2.75, 3.05) is 23.4 Å². The summed E-state index contributed by atoms with van der Waals surface area (Å²) in [5.74, 6) is -1.75. The average Bonchev–Trinajstić information content (AvgIpc) is 3.32. The van der Waals surface area contributed by atoms with Gasteiger partial charge in [-0.2, -0.15) is 0 Å². The van der Waals surface area contributed by atoms with Gasteiger partial charge in [-0.1, -0.05) is 44.4 Å². The van der Waals surface area contributed by atoms with E-state index >= 15 is 0 Å². The molecule has 2 aromatic rings. The number of carbonyl (C=O) groups is 2. The third-order valence-corrected chi connectivity index (χ3v) is 5.97. The number of allylic oxidation sites excluding steroid dienone is 3. The van der Waals surface area contributed by atoms with E-state index in [0.29, 0.717) is 41.6 Å². The summed E-state index contributed by atoms with van der Waals surface area (Å²) in [6.07, 6.45) is 5.05. The lowest BCUT2D eigenvalue weighted by atomic mass is 10.1. The van der Waals surface area contributed by atoms with E-state index in [0.717, 1.165) is 5.70 Å². The van der Waals surface area contributed by atoms with Gasteiger partial charge in [0.15, 0.2) is 0 Å². The number of ether oxygens (including phenoxy) is 2. The summed E-state index contributed by atoms with van der Waals surface area (Å²) in [6, 6.07) is 4.95. The Morgan fingerprint density at radius 1 is 1.25 bits per heavy atom. The minimum absolute atomic E-state index is 0.278. The van der Waals surface area contributed by atoms with Crippen LogP contribution in [0, 0.1) is 15.0 Å². The number of carbonyl (C=O) groups excluding carboxylic acids is 2. The van der Waals surface area contributed by atoms with E-state index in [-0.39, 0.29) is 5.69 Å². The summed E-state index contributed by atoms with van der Waals surface area (Å²) in [5, 5.41) is 16.5. The summed E-state index contributed by atoms with van der Waals surface area (Å²) in [5.41, 5.74) is 0.0715. The van der Waals surface area contributed by atoms with Crippen molar-refractivity contribution in [3.8, 4) is 5.75 Å². The summed E-state index contributed by atoms with van der Waals surface area (Å²) in [4.78, 5) is 48.7. The van der Waals surface area contributed by atoms with Crippen LogP contribution in [0.4, 0.5) is 22.1 Å². The SMILES string of the molecule is C=C.C=C/C=C(\C=C)N1CCOc2ccc(Nc3c([N+](=O)[O-])sc(C(=O)N=O)c3C(=O)OC(C)(C)C)cc21.CC. The summed E-state index contributed by atoms with van der Waals surface area (Å²) in [6.45, 7) is 23.3. The van der Waals surface area contributed by atoms with E-state index in [1.54, 1.807) is 57.2 Å². The first-order chi connectivity index (χ1) is 19.0. The van der Waals surface area contributed by atoms with Gasteiger partial charge in [0, 0.05) is 16.6 Å². The molecular formula is C28H34N4O7S. The molecule has 0 aliphatic carbocycles. The van der Waals surface area contributed by atoms with Crippen LogP contribution in [0.5, 0.6) is 5.75 Å². The lowest BCUT2D eigenvalue weighted by Gasteiger charge is -2.32. The van der Waals surface area contributed by atoms with Crippen LogP contribution >= 0.6 is 11.3 Å². The zero-order chi connectivity index (χ0) is 30.6. The van der Waals surface area contributed by atoms with Gasteiger partial charge in [-0.3, -0.25) is 14.9 Å². The fourth-order valence-corrected chi connectivity index (χ4v) is 4.41. The molecule has 214 valence electrons. The van der Waals surface area contributed by atoms with Gasteiger partial charge in [-0.05, 0) is 51.1 Å². The zero-order valence-electron chi connectivity index (χ0n) is 23.3. The third-order valence-electron chi connectivity index (χ3n) is 4.84. The van der Waals surface area contributed by atoms with E-state index in [4.69, 9.17) is 9.47 Å². The largest absolute Gasteiger partial charge is 0.490 e. The van der Waals surface area contributed by atoms with Crippen molar-refractivity contribution in [2.45, 2.75) is 40.2 Å². The van der Waals surface area contributed by atoms with Gasteiger partial charge >= 0.3 is 16.9 Å². The molecule has 1 aromatic carbocycles. The molecule has 0 bridgehead atoms. The molecule has 1 amide bonds. The zero-order valence-corrected chi connectivity index (χ0v) is 24.1. The quantitative estimate of drug-likeness (QED) is 0.0850. The number of benzene rings is 1. The first-order valence-electron chi connectivity index (χ1n) is 12.2. The molecule has 0 radical (unpaired) electrons. The van der Waals surface area contributed by atoms with Crippen molar-refractivity contribution < 1.29 is 24.0 Å². The van der Waals surface area contributed by atoms with Gasteiger partial charge in [0.2, 0.25) is 0 Å². The standard InChI is InChI=1S/C24H24N4O7S.C2H6.C2H4/c1-6-8-15(7-2)27-11-12-34-17-10-9-14(13-16(17)27)25-19-18(23(30)35-24(3,4)5)20(21(29)26-31)36-22(19)28(32)33;2*1-2/h6-10,13,25H,1-2,11-12H2,3-5H3;1-2H3;1-2H2/b15-8+;;. The lowest BCUT2D eigenvalue weighted by Crippen LogP contribution is -2.31. The number of nitrogens with one attached hydrogen (secondary N) is 1. The number of nitrogens with zero attached hydrogens (tertiary/aromatic N) is 3. The number of esters is 1. The topological polar surface area (TPSA) is 140 Å². The lowest BCUT2D eigenvalue weighted by molar-refractivity contribution is -0.379. The Hall–Kier alpha value is -4.58. The fourth-order valence-electron chi connectivity index (χ4n) is 3.48. The minimum Gasteiger partial charge on any atom is -0.490 e. The normalized spacial score (nSPS) is 12.1. The second-order valence-electron chi connectivity index (χ2n) is 8.48. The first kappa shape index (κ1) is 33.4. The van der Waals surface area contributed by atoms with Crippen LogP contribution in [0.2, 0.25) is 0 Å². The van der Waals surface area contributed by atoms with Gasteiger partial charge in [0.25, 0.3) is 0 Å². The van der Waals surface area contributed by atoms with Crippen LogP contribution in [0.3, 0.4) is 0 Å².